The molecule has 1 amide bonds. The first-order valence-electron chi connectivity index (χ1n) is 8.25. The zero-order valence-corrected chi connectivity index (χ0v) is 14.2. The van der Waals surface area contributed by atoms with Crippen LogP contribution in [0.2, 0.25) is 0 Å². The summed E-state index contributed by atoms with van der Waals surface area (Å²) in [4.78, 5) is 12.1. The topological polar surface area (TPSA) is 74.5 Å². The number of nitrogens with one attached hydrogen (secondary N) is 1. The molecule has 0 heterocycles. The van der Waals surface area contributed by atoms with Gasteiger partial charge in [-0.05, 0) is 41.8 Å². The fourth-order valence-corrected chi connectivity index (χ4v) is 2.15. The number of rotatable bonds is 8. The minimum absolute atomic E-state index is 0.454. The molecule has 5 nitrogen and oxygen atoms in total. The van der Waals surface area contributed by atoms with Gasteiger partial charge in [0.2, 0.25) is 0 Å². The van der Waals surface area contributed by atoms with Gasteiger partial charge in [-0.3, -0.25) is 4.79 Å². The summed E-state index contributed by atoms with van der Waals surface area (Å²) in [5, 5.41) is 13.1. The minimum Gasteiger partial charge on any atom is -0.494 e. The van der Waals surface area contributed by atoms with Crippen molar-refractivity contribution in [1.29, 1.82) is 5.26 Å². The lowest BCUT2D eigenvalue weighted by Crippen LogP contribution is -2.24. The number of carbonyl (C=O) groups is 1. The summed E-state index contributed by atoms with van der Waals surface area (Å²) in [6, 6.07) is 18.3. The molecule has 0 aromatic heterocycles. The van der Waals surface area contributed by atoms with Gasteiger partial charge in [0.15, 0.2) is 5.92 Å². The molecule has 2 aromatic rings. The highest BCUT2D eigenvalue weighted by Gasteiger charge is 2.19. The first kappa shape index (κ1) is 18.2. The third kappa shape index (κ3) is 5.78. The van der Waals surface area contributed by atoms with E-state index in [9.17, 15) is 10.1 Å². The van der Waals surface area contributed by atoms with Crippen LogP contribution in [0, 0.1) is 11.3 Å². The number of amides is 1. The molecule has 1 atom stereocenters. The maximum absolute atomic E-state index is 12.1. The Morgan fingerprint density at radius 1 is 1.24 bits per heavy atom. The molecule has 0 saturated heterocycles. The number of hydrogen-bond donors (Lipinski definition) is 1. The van der Waals surface area contributed by atoms with Crippen molar-refractivity contribution in [2.75, 3.05) is 6.61 Å². The molecule has 0 aliphatic heterocycles. The number of nitrogens with zero attached hydrogens (tertiary/aromatic N) is 2. The molecule has 5 heteroatoms. The van der Waals surface area contributed by atoms with Crippen LogP contribution < -0.4 is 10.2 Å². The van der Waals surface area contributed by atoms with Crippen molar-refractivity contribution < 1.29 is 9.53 Å². The zero-order valence-electron chi connectivity index (χ0n) is 14.2. The fourth-order valence-electron chi connectivity index (χ4n) is 2.15. The van der Waals surface area contributed by atoms with E-state index in [1.54, 1.807) is 24.3 Å². The predicted molar refractivity (Wildman–Crippen MR) is 97.4 cm³/mol. The lowest BCUT2D eigenvalue weighted by Gasteiger charge is -2.07. The summed E-state index contributed by atoms with van der Waals surface area (Å²) in [7, 11) is 0. The molecule has 25 heavy (non-hydrogen) atoms. The van der Waals surface area contributed by atoms with Crippen LogP contribution in [-0.4, -0.2) is 18.7 Å². The predicted octanol–water partition coefficient (Wildman–Crippen LogP) is 3.62. The van der Waals surface area contributed by atoms with Gasteiger partial charge in [0, 0.05) is 0 Å². The monoisotopic (exact) mass is 335 g/mol. The van der Waals surface area contributed by atoms with E-state index in [1.807, 2.05) is 36.4 Å². The molecule has 0 radical (unpaired) electrons. The van der Waals surface area contributed by atoms with Crippen molar-refractivity contribution in [2.24, 2.45) is 5.10 Å². The molecule has 0 spiro atoms. The highest BCUT2D eigenvalue weighted by molar-refractivity contribution is 5.88. The Balaban J connectivity index is 1.89. The second-order valence-electron chi connectivity index (χ2n) is 5.48. The smallest absolute Gasteiger partial charge is 0.261 e. The van der Waals surface area contributed by atoms with Gasteiger partial charge in [0.25, 0.3) is 5.91 Å². The number of nitriles is 1. The SMILES string of the molecule is CCCCOc1ccc(/C=N\NC(=O)[C@H](C#N)c2ccccc2)cc1. The van der Waals surface area contributed by atoms with Gasteiger partial charge in [-0.1, -0.05) is 43.7 Å². The van der Waals surface area contributed by atoms with Crippen molar-refractivity contribution in [1.82, 2.24) is 5.43 Å². The molecule has 0 fully saturated rings. The summed E-state index contributed by atoms with van der Waals surface area (Å²) in [5.74, 6) is -0.527. The van der Waals surface area contributed by atoms with Gasteiger partial charge in [-0.15, -0.1) is 0 Å². The molecule has 0 unspecified atom stereocenters. The van der Waals surface area contributed by atoms with E-state index >= 15 is 0 Å². The Labute approximate surface area is 147 Å². The minimum atomic E-state index is -0.882. The van der Waals surface area contributed by atoms with Gasteiger partial charge in [0.05, 0.1) is 18.9 Å². The molecular formula is C20H21N3O2. The second-order valence-corrected chi connectivity index (χ2v) is 5.48. The van der Waals surface area contributed by atoms with Crippen molar-refractivity contribution in [3.05, 3.63) is 65.7 Å². The van der Waals surface area contributed by atoms with Crippen molar-refractivity contribution in [3.63, 3.8) is 0 Å². The maximum Gasteiger partial charge on any atom is 0.261 e. The van der Waals surface area contributed by atoms with Crippen LogP contribution in [0.3, 0.4) is 0 Å². The van der Waals surface area contributed by atoms with E-state index in [1.165, 1.54) is 6.21 Å². The summed E-state index contributed by atoms with van der Waals surface area (Å²) in [5.41, 5.74) is 3.89. The van der Waals surface area contributed by atoms with Gasteiger partial charge in [-0.2, -0.15) is 10.4 Å². The molecule has 0 saturated carbocycles. The van der Waals surface area contributed by atoms with Crippen molar-refractivity contribution in [3.8, 4) is 11.8 Å². The molecule has 128 valence electrons. The average molecular weight is 335 g/mol. The third-order valence-electron chi connectivity index (χ3n) is 3.56. The van der Waals surface area contributed by atoms with Crippen LogP contribution in [0.4, 0.5) is 0 Å². The number of benzene rings is 2. The van der Waals surface area contributed by atoms with Crippen molar-refractivity contribution >= 4 is 12.1 Å². The highest BCUT2D eigenvalue weighted by Crippen LogP contribution is 2.14. The molecule has 0 aliphatic carbocycles. The van der Waals surface area contributed by atoms with Gasteiger partial charge < -0.3 is 4.74 Å². The summed E-state index contributed by atoms with van der Waals surface area (Å²) in [6.45, 7) is 2.82. The van der Waals surface area contributed by atoms with Crippen LogP contribution in [0.25, 0.3) is 0 Å². The number of hydrogen-bond acceptors (Lipinski definition) is 4. The molecule has 1 N–H and O–H groups in total. The van der Waals surface area contributed by atoms with E-state index in [-0.39, 0.29) is 0 Å². The van der Waals surface area contributed by atoms with Crippen LogP contribution >= 0.6 is 0 Å². The number of unbranched alkanes of at least 4 members (excludes halogenated alkanes) is 1. The largest absolute Gasteiger partial charge is 0.494 e. The molecule has 2 rings (SSSR count). The first-order valence-corrected chi connectivity index (χ1v) is 8.25. The Morgan fingerprint density at radius 3 is 2.60 bits per heavy atom. The first-order chi connectivity index (χ1) is 12.2. The number of hydrazone groups is 1. The summed E-state index contributed by atoms with van der Waals surface area (Å²) >= 11 is 0. The molecular weight excluding hydrogens is 314 g/mol. The lowest BCUT2D eigenvalue weighted by atomic mass is 10.0. The van der Waals surface area contributed by atoms with Gasteiger partial charge in [-0.25, -0.2) is 5.43 Å². The van der Waals surface area contributed by atoms with Gasteiger partial charge >= 0.3 is 0 Å². The Bertz CT molecular complexity index is 734. The number of ether oxygens (including phenoxy) is 1. The average Bonchev–Trinajstić information content (AvgIpc) is 2.65. The standard InChI is InChI=1S/C20H21N3O2/c1-2-3-13-25-18-11-9-16(10-12-18)15-22-23-20(24)19(14-21)17-7-5-4-6-8-17/h4-12,15,19H,2-3,13H2,1H3,(H,23,24)/b22-15-/t19-/m1/s1. The zero-order chi connectivity index (χ0) is 17.9. The van der Waals surface area contributed by atoms with Gasteiger partial charge in [0.1, 0.15) is 5.75 Å². The summed E-state index contributed by atoms with van der Waals surface area (Å²) < 4.78 is 5.59. The van der Waals surface area contributed by atoms with Crippen LogP contribution in [0.15, 0.2) is 59.7 Å². The fraction of sp³-hybridized carbons (Fsp3) is 0.250. The van der Waals surface area contributed by atoms with Crippen LogP contribution in [0.1, 0.15) is 36.8 Å². The third-order valence-corrected chi connectivity index (χ3v) is 3.56. The van der Waals surface area contributed by atoms with E-state index in [2.05, 4.69) is 17.5 Å². The summed E-state index contributed by atoms with van der Waals surface area (Å²) in [6.07, 6.45) is 3.65. The lowest BCUT2D eigenvalue weighted by molar-refractivity contribution is -0.121. The normalized spacial score (nSPS) is 11.7. The highest BCUT2D eigenvalue weighted by atomic mass is 16.5. The Morgan fingerprint density at radius 2 is 1.96 bits per heavy atom. The van der Waals surface area contributed by atoms with Crippen molar-refractivity contribution in [2.45, 2.75) is 25.7 Å². The Hall–Kier alpha value is -3.13. The van der Waals surface area contributed by atoms with E-state index < -0.39 is 11.8 Å². The number of carbonyl (C=O) groups excluding carboxylic acids is 1. The molecule has 0 aliphatic rings. The maximum atomic E-state index is 12.1. The quantitative estimate of drug-likeness (QED) is 0.455. The van der Waals surface area contributed by atoms with Crippen LogP contribution in [0.5, 0.6) is 5.75 Å². The van der Waals surface area contributed by atoms with E-state index in [0.717, 1.165) is 24.2 Å². The molecule has 0 bridgehead atoms. The Kier molecular flexibility index (Phi) is 7.20. The molecule has 2 aromatic carbocycles. The van der Waals surface area contributed by atoms with E-state index in [0.29, 0.717) is 12.2 Å². The second kappa shape index (κ2) is 9.89. The van der Waals surface area contributed by atoms with Crippen LogP contribution in [-0.2, 0) is 4.79 Å². The van der Waals surface area contributed by atoms with E-state index in [4.69, 9.17) is 4.74 Å².